The van der Waals surface area contributed by atoms with Crippen LogP contribution in [0, 0.1) is 6.92 Å². The highest BCUT2D eigenvalue weighted by Crippen LogP contribution is 2.12. The van der Waals surface area contributed by atoms with Crippen molar-refractivity contribution >= 4 is 11.8 Å². The molecule has 0 unspecified atom stereocenters. The Hall–Kier alpha value is -1.36. The van der Waals surface area contributed by atoms with Gasteiger partial charge in [-0.1, -0.05) is 64.7 Å². The molecule has 0 bridgehead atoms. The summed E-state index contributed by atoms with van der Waals surface area (Å²) in [6.45, 7) is 6.51. The van der Waals surface area contributed by atoms with Crippen molar-refractivity contribution in [3.8, 4) is 0 Å². The lowest BCUT2D eigenvalue weighted by atomic mass is 10.1. The van der Waals surface area contributed by atoms with Gasteiger partial charge in [-0.25, -0.2) is 4.98 Å². The first-order valence-electron chi connectivity index (χ1n) is 9.79. The van der Waals surface area contributed by atoms with Gasteiger partial charge in [-0.05, 0) is 13.3 Å². The molecule has 138 valence electrons. The molecule has 1 rings (SSSR count). The van der Waals surface area contributed by atoms with Crippen LogP contribution in [0.3, 0.4) is 0 Å². The van der Waals surface area contributed by atoms with Crippen LogP contribution in [-0.4, -0.2) is 29.6 Å². The zero-order valence-electron chi connectivity index (χ0n) is 15.7. The van der Waals surface area contributed by atoms with Gasteiger partial charge in [-0.2, -0.15) is 4.98 Å². The summed E-state index contributed by atoms with van der Waals surface area (Å²) in [5, 5.41) is 6.54. The quantitative estimate of drug-likeness (QED) is 0.412. The summed E-state index contributed by atoms with van der Waals surface area (Å²) >= 11 is 0. The van der Waals surface area contributed by atoms with E-state index in [1.54, 1.807) is 0 Å². The number of nitrogens with one attached hydrogen (secondary N) is 2. The van der Waals surface area contributed by atoms with E-state index in [1.807, 2.05) is 13.0 Å². The Bertz CT molecular complexity index is 422. The molecule has 0 atom stereocenters. The van der Waals surface area contributed by atoms with Gasteiger partial charge in [0.1, 0.15) is 5.82 Å². The van der Waals surface area contributed by atoms with Gasteiger partial charge in [0.05, 0.1) is 0 Å². The van der Waals surface area contributed by atoms with E-state index in [-0.39, 0.29) is 0 Å². The average Bonchev–Trinajstić information content (AvgIpc) is 2.57. The molecule has 1 aromatic rings. The Morgan fingerprint density at radius 3 is 2.08 bits per heavy atom. The first-order chi connectivity index (χ1) is 11.8. The van der Waals surface area contributed by atoms with Gasteiger partial charge in [0.2, 0.25) is 5.95 Å². The summed E-state index contributed by atoms with van der Waals surface area (Å²) in [7, 11) is 0. The minimum absolute atomic E-state index is 0.582. The van der Waals surface area contributed by atoms with Crippen LogP contribution in [0.1, 0.15) is 76.8 Å². The van der Waals surface area contributed by atoms with E-state index in [1.165, 1.54) is 64.2 Å². The van der Waals surface area contributed by atoms with E-state index in [4.69, 9.17) is 5.73 Å². The van der Waals surface area contributed by atoms with Crippen molar-refractivity contribution in [2.75, 3.05) is 30.3 Å². The third-order valence-corrected chi connectivity index (χ3v) is 4.12. The number of rotatable bonds is 15. The molecule has 24 heavy (non-hydrogen) atoms. The number of aryl methyl sites for hydroxylation is 1. The van der Waals surface area contributed by atoms with E-state index >= 15 is 0 Å². The third-order valence-electron chi connectivity index (χ3n) is 4.12. The van der Waals surface area contributed by atoms with E-state index in [0.717, 1.165) is 18.1 Å². The molecule has 0 aliphatic carbocycles. The van der Waals surface area contributed by atoms with Crippen LogP contribution in [0.5, 0.6) is 0 Å². The monoisotopic (exact) mass is 335 g/mol. The maximum Gasteiger partial charge on any atom is 0.224 e. The molecule has 0 aromatic carbocycles. The molecule has 0 saturated carbocycles. The standard InChI is InChI=1S/C19H37N5/c1-3-4-5-6-7-8-9-10-11-12-14-21-18-16-17(2)23-19(24-18)22-15-13-20/h16H,3-15,20H2,1-2H3,(H2,21,22,23,24). The average molecular weight is 336 g/mol. The first kappa shape index (κ1) is 20.7. The molecule has 0 fully saturated rings. The molecule has 0 radical (unpaired) electrons. The summed E-state index contributed by atoms with van der Waals surface area (Å²) < 4.78 is 0. The molecule has 1 heterocycles. The number of unbranched alkanes of at least 4 members (excludes halogenated alkanes) is 9. The van der Waals surface area contributed by atoms with Crippen molar-refractivity contribution in [2.24, 2.45) is 5.73 Å². The summed E-state index contributed by atoms with van der Waals surface area (Å²) in [5.41, 5.74) is 6.46. The van der Waals surface area contributed by atoms with Crippen molar-refractivity contribution in [2.45, 2.75) is 78.1 Å². The molecule has 5 heteroatoms. The van der Waals surface area contributed by atoms with Gasteiger partial charge in [0, 0.05) is 31.4 Å². The van der Waals surface area contributed by atoms with E-state index in [2.05, 4.69) is 27.5 Å². The molecule has 0 aliphatic rings. The van der Waals surface area contributed by atoms with Crippen LogP contribution in [0.4, 0.5) is 11.8 Å². The molecule has 0 aliphatic heterocycles. The van der Waals surface area contributed by atoms with Crippen molar-refractivity contribution in [1.29, 1.82) is 0 Å². The van der Waals surface area contributed by atoms with E-state index in [0.29, 0.717) is 19.0 Å². The maximum atomic E-state index is 5.50. The molecule has 4 N–H and O–H groups in total. The van der Waals surface area contributed by atoms with E-state index in [9.17, 15) is 0 Å². The number of anilines is 2. The zero-order valence-corrected chi connectivity index (χ0v) is 15.7. The summed E-state index contributed by atoms with van der Waals surface area (Å²) in [6, 6.07) is 1.99. The van der Waals surface area contributed by atoms with Crippen LogP contribution in [0.2, 0.25) is 0 Å². The predicted octanol–water partition coefficient (Wildman–Crippen LogP) is 4.49. The maximum absolute atomic E-state index is 5.50. The summed E-state index contributed by atoms with van der Waals surface area (Å²) in [5.74, 6) is 1.56. The second-order valence-corrected chi connectivity index (χ2v) is 6.54. The normalized spacial score (nSPS) is 10.8. The highest BCUT2D eigenvalue weighted by Gasteiger charge is 2.01. The highest BCUT2D eigenvalue weighted by molar-refractivity contribution is 5.42. The van der Waals surface area contributed by atoms with Gasteiger partial charge in [-0.15, -0.1) is 0 Å². The lowest BCUT2D eigenvalue weighted by Crippen LogP contribution is -2.15. The second kappa shape index (κ2) is 14.0. The Balaban J connectivity index is 2.05. The molecular formula is C19H37N5. The molecule has 0 amide bonds. The fourth-order valence-corrected chi connectivity index (χ4v) is 2.75. The topological polar surface area (TPSA) is 75.9 Å². The Morgan fingerprint density at radius 1 is 0.833 bits per heavy atom. The Kier molecular flexibility index (Phi) is 12.1. The van der Waals surface area contributed by atoms with Gasteiger partial charge in [0.15, 0.2) is 0 Å². The van der Waals surface area contributed by atoms with Crippen molar-refractivity contribution < 1.29 is 0 Å². The minimum Gasteiger partial charge on any atom is -0.370 e. The van der Waals surface area contributed by atoms with Crippen molar-refractivity contribution in [3.05, 3.63) is 11.8 Å². The Morgan fingerprint density at radius 2 is 1.46 bits per heavy atom. The van der Waals surface area contributed by atoms with Gasteiger partial charge >= 0.3 is 0 Å². The van der Waals surface area contributed by atoms with Gasteiger partial charge in [0.25, 0.3) is 0 Å². The predicted molar refractivity (Wildman–Crippen MR) is 105 cm³/mol. The molecule has 1 aromatic heterocycles. The third kappa shape index (κ3) is 10.4. The number of nitrogens with zero attached hydrogens (tertiary/aromatic N) is 2. The minimum atomic E-state index is 0.582. The molecular weight excluding hydrogens is 298 g/mol. The largest absolute Gasteiger partial charge is 0.370 e. The van der Waals surface area contributed by atoms with Gasteiger partial charge in [-0.3, -0.25) is 0 Å². The molecule has 0 saturated heterocycles. The summed E-state index contributed by atoms with van der Waals surface area (Å²) in [6.07, 6.45) is 13.6. The zero-order chi connectivity index (χ0) is 17.5. The first-order valence-corrected chi connectivity index (χ1v) is 9.79. The fraction of sp³-hybridized carbons (Fsp3) is 0.789. The van der Waals surface area contributed by atoms with E-state index < -0.39 is 0 Å². The second-order valence-electron chi connectivity index (χ2n) is 6.54. The lowest BCUT2D eigenvalue weighted by Gasteiger charge is -2.09. The number of hydrogen-bond acceptors (Lipinski definition) is 5. The number of hydrogen-bond donors (Lipinski definition) is 3. The fourth-order valence-electron chi connectivity index (χ4n) is 2.75. The van der Waals surface area contributed by atoms with Crippen LogP contribution in [-0.2, 0) is 0 Å². The number of nitrogens with two attached hydrogens (primary N) is 1. The number of aromatic nitrogens is 2. The summed E-state index contributed by atoms with van der Waals surface area (Å²) in [4.78, 5) is 8.82. The molecule has 0 spiro atoms. The van der Waals surface area contributed by atoms with Gasteiger partial charge < -0.3 is 16.4 Å². The highest BCUT2D eigenvalue weighted by atomic mass is 15.1. The lowest BCUT2D eigenvalue weighted by molar-refractivity contribution is 0.560. The van der Waals surface area contributed by atoms with Crippen LogP contribution >= 0.6 is 0 Å². The molecule has 5 nitrogen and oxygen atoms in total. The van der Waals surface area contributed by atoms with Crippen molar-refractivity contribution in [3.63, 3.8) is 0 Å². The van der Waals surface area contributed by atoms with Crippen LogP contribution < -0.4 is 16.4 Å². The van der Waals surface area contributed by atoms with Crippen LogP contribution in [0.25, 0.3) is 0 Å². The van der Waals surface area contributed by atoms with Crippen molar-refractivity contribution in [1.82, 2.24) is 9.97 Å². The smallest absolute Gasteiger partial charge is 0.224 e. The SMILES string of the molecule is CCCCCCCCCCCCNc1cc(C)nc(NCCN)n1. The van der Waals surface area contributed by atoms with Crippen LogP contribution in [0.15, 0.2) is 6.07 Å². The Labute approximate surface area is 148 Å².